The minimum atomic E-state index is -1.39. The third kappa shape index (κ3) is 2.51. The van der Waals surface area contributed by atoms with Crippen molar-refractivity contribution in [2.75, 3.05) is 7.11 Å². The van der Waals surface area contributed by atoms with E-state index in [1.807, 2.05) is 12.1 Å². The topological polar surface area (TPSA) is 83.1 Å². The molecule has 1 aliphatic rings. The number of carbonyl (C=O) groups excluding carboxylic acids is 1. The Bertz CT molecular complexity index is 662. The van der Waals surface area contributed by atoms with Crippen LogP contribution < -0.4 is 4.74 Å². The summed E-state index contributed by atoms with van der Waals surface area (Å²) in [6.07, 6.45) is 0. The largest absolute Gasteiger partial charge is 0.496 e. The quantitative estimate of drug-likeness (QED) is 0.801. The van der Waals surface area contributed by atoms with Crippen LogP contribution >= 0.6 is 0 Å². The van der Waals surface area contributed by atoms with Gasteiger partial charge in [-0.1, -0.05) is 18.2 Å². The summed E-state index contributed by atoms with van der Waals surface area (Å²) in [7, 11) is 1.52. The molecule has 0 saturated heterocycles. The number of nitriles is 2. The Morgan fingerprint density at radius 3 is 2.32 bits per heavy atom. The van der Waals surface area contributed by atoms with Crippen molar-refractivity contribution in [1.82, 2.24) is 0 Å². The van der Waals surface area contributed by atoms with Crippen LogP contribution in [0.5, 0.6) is 5.75 Å². The van der Waals surface area contributed by atoms with Gasteiger partial charge in [0.05, 0.1) is 25.2 Å². The van der Waals surface area contributed by atoms with E-state index in [0.29, 0.717) is 11.3 Å². The summed E-state index contributed by atoms with van der Waals surface area (Å²) >= 11 is 0. The van der Waals surface area contributed by atoms with Crippen molar-refractivity contribution in [2.45, 2.75) is 32.3 Å². The van der Waals surface area contributed by atoms with Gasteiger partial charge in [0.1, 0.15) is 11.4 Å². The Hall–Kier alpha value is -2.53. The van der Waals surface area contributed by atoms with Gasteiger partial charge in [0.15, 0.2) is 5.41 Å². The van der Waals surface area contributed by atoms with Gasteiger partial charge < -0.3 is 9.47 Å². The predicted octanol–water partition coefficient (Wildman–Crippen LogP) is 2.78. The SMILES string of the molecule is COc1ccccc1[C@@H]1[C@@H](C(=O)OC(C)(C)C)C1(C#N)C#N. The maximum absolute atomic E-state index is 12.4. The minimum absolute atomic E-state index is 0.522. The molecule has 2 rings (SSSR count). The van der Waals surface area contributed by atoms with Crippen LogP contribution in [-0.4, -0.2) is 18.7 Å². The molecule has 1 fully saturated rings. The summed E-state index contributed by atoms with van der Waals surface area (Å²) in [6, 6.07) is 11.1. The van der Waals surface area contributed by atoms with Crippen LogP contribution in [0.1, 0.15) is 32.3 Å². The fourth-order valence-electron chi connectivity index (χ4n) is 2.73. The van der Waals surface area contributed by atoms with Crippen molar-refractivity contribution >= 4 is 5.97 Å². The smallest absolute Gasteiger partial charge is 0.312 e. The predicted molar refractivity (Wildman–Crippen MR) is 78.7 cm³/mol. The van der Waals surface area contributed by atoms with Crippen molar-refractivity contribution in [1.29, 1.82) is 10.5 Å². The molecule has 0 amide bonds. The number of nitrogens with zero attached hydrogens (tertiary/aromatic N) is 2. The summed E-state index contributed by atoms with van der Waals surface area (Å²) < 4.78 is 10.7. The first-order chi connectivity index (χ1) is 10.3. The number of hydrogen-bond donors (Lipinski definition) is 0. The molecule has 0 N–H and O–H groups in total. The Balaban J connectivity index is 2.41. The van der Waals surface area contributed by atoms with Crippen molar-refractivity contribution < 1.29 is 14.3 Å². The van der Waals surface area contributed by atoms with Crippen LogP contribution in [0.25, 0.3) is 0 Å². The van der Waals surface area contributed by atoms with E-state index in [0.717, 1.165) is 0 Å². The van der Waals surface area contributed by atoms with E-state index in [1.54, 1.807) is 45.0 Å². The molecule has 0 radical (unpaired) electrons. The molecule has 2 atom stereocenters. The highest BCUT2D eigenvalue weighted by molar-refractivity contribution is 5.83. The van der Waals surface area contributed by atoms with Crippen LogP contribution in [-0.2, 0) is 9.53 Å². The van der Waals surface area contributed by atoms with Crippen molar-refractivity contribution in [3.05, 3.63) is 29.8 Å². The van der Waals surface area contributed by atoms with E-state index in [4.69, 9.17) is 9.47 Å². The van der Waals surface area contributed by atoms with Crippen LogP contribution in [0.15, 0.2) is 24.3 Å². The molecule has 0 aromatic heterocycles. The molecular formula is C17H18N2O3. The van der Waals surface area contributed by atoms with Crippen LogP contribution in [0, 0.1) is 34.0 Å². The summed E-state index contributed by atoms with van der Waals surface area (Å²) in [5, 5.41) is 18.9. The highest BCUT2D eigenvalue weighted by Crippen LogP contribution is 2.66. The van der Waals surface area contributed by atoms with Gasteiger partial charge in [-0.3, -0.25) is 4.79 Å². The second-order valence-electron chi connectivity index (χ2n) is 6.32. The fraction of sp³-hybridized carbons (Fsp3) is 0.471. The number of benzene rings is 1. The van der Waals surface area contributed by atoms with Gasteiger partial charge in [-0.25, -0.2) is 0 Å². The van der Waals surface area contributed by atoms with E-state index in [-0.39, 0.29) is 0 Å². The molecular weight excluding hydrogens is 280 g/mol. The molecule has 1 saturated carbocycles. The first kappa shape index (κ1) is 15.9. The standard InChI is InChI=1S/C17H18N2O3/c1-16(2,3)22-15(20)14-13(17(14,9-18)10-19)11-7-5-6-8-12(11)21-4/h5-8,13-14H,1-4H3/t13-,14+/m1/s1. The number of carbonyl (C=O) groups is 1. The van der Waals surface area contributed by atoms with Gasteiger partial charge in [0.2, 0.25) is 0 Å². The van der Waals surface area contributed by atoms with Gasteiger partial charge in [-0.15, -0.1) is 0 Å². The minimum Gasteiger partial charge on any atom is -0.496 e. The molecule has 5 nitrogen and oxygen atoms in total. The fourth-order valence-corrected chi connectivity index (χ4v) is 2.73. The highest BCUT2D eigenvalue weighted by Gasteiger charge is 2.72. The van der Waals surface area contributed by atoms with Gasteiger partial charge in [0, 0.05) is 11.5 Å². The van der Waals surface area contributed by atoms with E-state index in [1.165, 1.54) is 7.11 Å². The zero-order valence-corrected chi connectivity index (χ0v) is 13.1. The first-order valence-electron chi connectivity index (χ1n) is 6.99. The molecule has 5 heteroatoms. The highest BCUT2D eigenvalue weighted by atomic mass is 16.6. The van der Waals surface area contributed by atoms with Crippen LogP contribution in [0.4, 0.5) is 0 Å². The second-order valence-corrected chi connectivity index (χ2v) is 6.32. The normalized spacial score (nSPS) is 22.1. The van der Waals surface area contributed by atoms with Crippen molar-refractivity contribution in [2.24, 2.45) is 11.3 Å². The van der Waals surface area contributed by atoms with Gasteiger partial charge in [0.25, 0.3) is 0 Å². The molecule has 22 heavy (non-hydrogen) atoms. The maximum atomic E-state index is 12.4. The molecule has 114 valence electrons. The Morgan fingerprint density at radius 2 is 1.82 bits per heavy atom. The van der Waals surface area contributed by atoms with Gasteiger partial charge in [-0.05, 0) is 26.8 Å². The summed E-state index contributed by atoms with van der Waals surface area (Å²) in [6.45, 7) is 5.27. The van der Waals surface area contributed by atoms with Gasteiger partial charge in [-0.2, -0.15) is 10.5 Å². The molecule has 1 aliphatic carbocycles. The lowest BCUT2D eigenvalue weighted by molar-refractivity contribution is -0.157. The number of ether oxygens (including phenoxy) is 2. The number of rotatable bonds is 3. The van der Waals surface area contributed by atoms with Crippen molar-refractivity contribution in [3.8, 4) is 17.9 Å². The third-order valence-corrected chi connectivity index (χ3v) is 3.71. The summed E-state index contributed by atoms with van der Waals surface area (Å²) in [5.74, 6) is -1.29. The Labute approximate surface area is 130 Å². The van der Waals surface area contributed by atoms with Gasteiger partial charge >= 0.3 is 5.97 Å². The second kappa shape index (κ2) is 5.35. The van der Waals surface area contributed by atoms with E-state index < -0.39 is 28.8 Å². The summed E-state index contributed by atoms with van der Waals surface area (Å²) in [5.41, 5.74) is -1.37. The molecule has 0 aliphatic heterocycles. The monoisotopic (exact) mass is 298 g/mol. The maximum Gasteiger partial charge on any atom is 0.312 e. The average Bonchev–Trinajstić information content (AvgIpc) is 3.15. The molecule has 0 heterocycles. The molecule has 1 aromatic rings. The molecule has 0 bridgehead atoms. The zero-order valence-electron chi connectivity index (χ0n) is 13.1. The molecule has 1 aromatic carbocycles. The van der Waals surface area contributed by atoms with Crippen LogP contribution in [0.2, 0.25) is 0 Å². The van der Waals surface area contributed by atoms with Crippen molar-refractivity contribution in [3.63, 3.8) is 0 Å². The van der Waals surface area contributed by atoms with E-state index >= 15 is 0 Å². The molecule has 0 spiro atoms. The number of methoxy groups -OCH3 is 1. The lowest BCUT2D eigenvalue weighted by Crippen LogP contribution is -2.26. The van der Waals surface area contributed by atoms with Crippen LogP contribution in [0.3, 0.4) is 0 Å². The lowest BCUT2D eigenvalue weighted by Gasteiger charge is -2.19. The first-order valence-corrected chi connectivity index (χ1v) is 6.99. The third-order valence-electron chi connectivity index (χ3n) is 3.71. The average molecular weight is 298 g/mol. The Morgan fingerprint density at radius 1 is 1.23 bits per heavy atom. The Kier molecular flexibility index (Phi) is 3.85. The zero-order chi connectivity index (χ0) is 16.5. The van der Waals surface area contributed by atoms with E-state index in [2.05, 4.69) is 0 Å². The number of hydrogen-bond acceptors (Lipinski definition) is 5. The summed E-state index contributed by atoms with van der Waals surface area (Å²) in [4.78, 5) is 12.4. The molecule has 0 unspecified atom stereocenters. The van der Waals surface area contributed by atoms with E-state index in [9.17, 15) is 15.3 Å². The lowest BCUT2D eigenvalue weighted by atomic mass is 10.0. The number of esters is 1. The number of para-hydroxylation sites is 1.